The third-order valence-electron chi connectivity index (χ3n) is 4.65. The molecule has 2 aromatic rings. The van der Waals surface area contributed by atoms with Crippen molar-refractivity contribution in [3.63, 3.8) is 0 Å². The van der Waals surface area contributed by atoms with E-state index >= 15 is 0 Å². The van der Waals surface area contributed by atoms with Crippen LogP contribution in [0.15, 0.2) is 48.5 Å². The van der Waals surface area contributed by atoms with Crippen molar-refractivity contribution in [1.29, 1.82) is 0 Å². The van der Waals surface area contributed by atoms with Gasteiger partial charge in [0.1, 0.15) is 0 Å². The van der Waals surface area contributed by atoms with Gasteiger partial charge < -0.3 is 30.7 Å². The SMILES string of the molecule is COCCCNC(=O)c1ccc(NCC(=O)Nc2ccc(C(=O)NCCCOC)cc2)cc1. The largest absolute Gasteiger partial charge is 0.385 e. The second-order valence-corrected chi connectivity index (χ2v) is 7.26. The fourth-order valence-corrected chi connectivity index (χ4v) is 2.87. The van der Waals surface area contributed by atoms with E-state index in [-0.39, 0.29) is 24.3 Å². The lowest BCUT2D eigenvalue weighted by Gasteiger charge is -2.10. The van der Waals surface area contributed by atoms with Crippen molar-refractivity contribution in [2.45, 2.75) is 12.8 Å². The van der Waals surface area contributed by atoms with Gasteiger partial charge in [-0.2, -0.15) is 0 Å². The molecule has 0 aliphatic carbocycles. The molecule has 178 valence electrons. The molecule has 9 heteroatoms. The van der Waals surface area contributed by atoms with E-state index in [4.69, 9.17) is 9.47 Å². The molecule has 0 saturated carbocycles. The summed E-state index contributed by atoms with van der Waals surface area (Å²) in [4.78, 5) is 36.3. The molecular weight excluding hydrogens is 424 g/mol. The topological polar surface area (TPSA) is 118 Å². The molecule has 0 spiro atoms. The van der Waals surface area contributed by atoms with E-state index in [2.05, 4.69) is 21.3 Å². The van der Waals surface area contributed by atoms with Crippen LogP contribution in [0.2, 0.25) is 0 Å². The molecule has 2 rings (SSSR count). The molecule has 0 atom stereocenters. The molecule has 0 fully saturated rings. The molecule has 0 radical (unpaired) electrons. The van der Waals surface area contributed by atoms with Crippen molar-refractivity contribution in [3.05, 3.63) is 59.7 Å². The van der Waals surface area contributed by atoms with E-state index in [1.54, 1.807) is 62.8 Å². The smallest absolute Gasteiger partial charge is 0.251 e. The first-order chi connectivity index (χ1) is 16.0. The van der Waals surface area contributed by atoms with Gasteiger partial charge in [-0.3, -0.25) is 14.4 Å². The molecule has 0 bridgehead atoms. The second kappa shape index (κ2) is 14.6. The van der Waals surface area contributed by atoms with Crippen LogP contribution in [0, 0.1) is 0 Å². The second-order valence-electron chi connectivity index (χ2n) is 7.26. The summed E-state index contributed by atoms with van der Waals surface area (Å²) in [7, 11) is 3.24. The van der Waals surface area contributed by atoms with Crippen LogP contribution in [-0.2, 0) is 14.3 Å². The Hall–Kier alpha value is -3.43. The van der Waals surface area contributed by atoms with Crippen LogP contribution < -0.4 is 21.3 Å². The van der Waals surface area contributed by atoms with E-state index in [1.165, 1.54) is 0 Å². The highest BCUT2D eigenvalue weighted by molar-refractivity contribution is 5.97. The molecule has 0 aliphatic rings. The lowest BCUT2D eigenvalue weighted by atomic mass is 10.2. The predicted octanol–water partition coefficient (Wildman–Crippen LogP) is 2.27. The number of amides is 3. The summed E-state index contributed by atoms with van der Waals surface area (Å²) < 4.78 is 9.90. The minimum atomic E-state index is -0.230. The van der Waals surface area contributed by atoms with Crippen LogP contribution in [0.1, 0.15) is 33.6 Å². The van der Waals surface area contributed by atoms with Crippen molar-refractivity contribution >= 4 is 29.1 Å². The van der Waals surface area contributed by atoms with Gasteiger partial charge in [-0.05, 0) is 61.4 Å². The fraction of sp³-hybridized carbons (Fsp3) is 0.375. The van der Waals surface area contributed by atoms with Crippen LogP contribution >= 0.6 is 0 Å². The number of anilines is 2. The molecule has 0 aliphatic heterocycles. The summed E-state index contributed by atoms with van der Waals surface area (Å²) in [6, 6.07) is 13.6. The number of ether oxygens (including phenoxy) is 2. The highest BCUT2D eigenvalue weighted by atomic mass is 16.5. The van der Waals surface area contributed by atoms with Crippen molar-refractivity contribution in [1.82, 2.24) is 10.6 Å². The Kier molecular flexibility index (Phi) is 11.4. The third-order valence-corrected chi connectivity index (χ3v) is 4.65. The molecule has 33 heavy (non-hydrogen) atoms. The van der Waals surface area contributed by atoms with Gasteiger partial charge in [0.15, 0.2) is 0 Å². The van der Waals surface area contributed by atoms with Gasteiger partial charge in [0.05, 0.1) is 6.54 Å². The quantitative estimate of drug-likeness (QED) is 0.324. The molecule has 0 aromatic heterocycles. The van der Waals surface area contributed by atoms with Gasteiger partial charge in [-0.15, -0.1) is 0 Å². The molecule has 0 heterocycles. The van der Waals surface area contributed by atoms with Crippen molar-refractivity contribution in [2.24, 2.45) is 0 Å². The van der Waals surface area contributed by atoms with Gasteiger partial charge in [-0.25, -0.2) is 0 Å². The minimum absolute atomic E-state index is 0.0598. The van der Waals surface area contributed by atoms with E-state index in [1.807, 2.05) is 0 Å². The van der Waals surface area contributed by atoms with Gasteiger partial charge >= 0.3 is 0 Å². The molecule has 3 amide bonds. The molecule has 0 saturated heterocycles. The number of methoxy groups -OCH3 is 2. The Labute approximate surface area is 194 Å². The first-order valence-corrected chi connectivity index (χ1v) is 10.8. The third kappa shape index (κ3) is 9.71. The number of hydrogen-bond donors (Lipinski definition) is 4. The first kappa shape index (κ1) is 25.8. The first-order valence-electron chi connectivity index (χ1n) is 10.8. The monoisotopic (exact) mass is 456 g/mol. The Morgan fingerprint density at radius 3 is 1.61 bits per heavy atom. The summed E-state index contributed by atoms with van der Waals surface area (Å²) in [5.74, 6) is -0.549. The number of benzene rings is 2. The fourth-order valence-electron chi connectivity index (χ4n) is 2.87. The van der Waals surface area contributed by atoms with Gasteiger partial charge in [0, 0.05) is 63.0 Å². The average Bonchev–Trinajstić information content (AvgIpc) is 2.84. The zero-order valence-corrected chi connectivity index (χ0v) is 19.1. The lowest BCUT2D eigenvalue weighted by Crippen LogP contribution is -2.25. The van der Waals surface area contributed by atoms with Crippen molar-refractivity contribution in [2.75, 3.05) is 57.7 Å². The Morgan fingerprint density at radius 1 is 0.697 bits per heavy atom. The van der Waals surface area contributed by atoms with Crippen LogP contribution in [0.5, 0.6) is 0 Å². The van der Waals surface area contributed by atoms with E-state index < -0.39 is 0 Å². The van der Waals surface area contributed by atoms with Crippen LogP contribution in [0.4, 0.5) is 11.4 Å². The predicted molar refractivity (Wildman–Crippen MR) is 128 cm³/mol. The highest BCUT2D eigenvalue weighted by Gasteiger charge is 2.08. The molecule has 9 nitrogen and oxygen atoms in total. The number of carbonyl (C=O) groups excluding carboxylic acids is 3. The van der Waals surface area contributed by atoms with E-state index in [9.17, 15) is 14.4 Å². The zero-order valence-electron chi connectivity index (χ0n) is 19.1. The van der Waals surface area contributed by atoms with Crippen LogP contribution in [-0.4, -0.2) is 64.8 Å². The zero-order chi connectivity index (χ0) is 23.9. The Bertz CT molecular complexity index is 885. The van der Waals surface area contributed by atoms with Crippen LogP contribution in [0.3, 0.4) is 0 Å². The normalized spacial score (nSPS) is 10.4. The number of carbonyl (C=O) groups is 3. The lowest BCUT2D eigenvalue weighted by molar-refractivity contribution is -0.114. The molecular formula is C24H32N4O5. The summed E-state index contributed by atoms with van der Waals surface area (Å²) in [5.41, 5.74) is 2.39. The molecule has 4 N–H and O–H groups in total. The van der Waals surface area contributed by atoms with E-state index in [0.29, 0.717) is 43.1 Å². The Balaban J connectivity index is 1.74. The van der Waals surface area contributed by atoms with Crippen LogP contribution in [0.25, 0.3) is 0 Å². The maximum absolute atomic E-state index is 12.2. The molecule has 2 aromatic carbocycles. The standard InChI is InChI=1S/C24H32N4O5/c1-32-15-3-13-25-23(30)18-5-9-20(10-6-18)27-17-22(29)28-21-11-7-19(8-12-21)24(31)26-14-4-16-33-2/h5-12,27H,3-4,13-17H2,1-2H3,(H,25,30)(H,26,31)(H,28,29). The van der Waals surface area contributed by atoms with Crippen molar-refractivity contribution < 1.29 is 23.9 Å². The molecule has 0 unspecified atom stereocenters. The summed E-state index contributed by atoms with van der Waals surface area (Å²) in [6.45, 7) is 2.34. The number of hydrogen-bond acceptors (Lipinski definition) is 6. The summed E-state index contributed by atoms with van der Waals surface area (Å²) in [5, 5.41) is 11.4. The number of nitrogens with one attached hydrogen (secondary N) is 4. The van der Waals surface area contributed by atoms with Gasteiger partial charge in [-0.1, -0.05) is 0 Å². The van der Waals surface area contributed by atoms with Gasteiger partial charge in [0.25, 0.3) is 11.8 Å². The van der Waals surface area contributed by atoms with Crippen molar-refractivity contribution in [3.8, 4) is 0 Å². The maximum Gasteiger partial charge on any atom is 0.251 e. The summed E-state index contributed by atoms with van der Waals surface area (Å²) in [6.07, 6.45) is 1.50. The van der Waals surface area contributed by atoms with E-state index in [0.717, 1.165) is 18.5 Å². The minimum Gasteiger partial charge on any atom is -0.385 e. The average molecular weight is 457 g/mol. The highest BCUT2D eigenvalue weighted by Crippen LogP contribution is 2.11. The summed E-state index contributed by atoms with van der Waals surface area (Å²) >= 11 is 0. The van der Waals surface area contributed by atoms with Gasteiger partial charge in [0.2, 0.25) is 5.91 Å². The number of rotatable bonds is 14. The Morgan fingerprint density at radius 2 is 1.15 bits per heavy atom. The maximum atomic E-state index is 12.2.